The fourth-order valence-corrected chi connectivity index (χ4v) is 2.61. The molecule has 0 radical (unpaired) electrons. The maximum absolute atomic E-state index is 5.61. The molecule has 0 spiro atoms. The predicted octanol–water partition coefficient (Wildman–Crippen LogP) is 1.81. The summed E-state index contributed by atoms with van der Waals surface area (Å²) in [5.41, 5.74) is 2.90. The molecule has 2 atom stereocenters. The summed E-state index contributed by atoms with van der Waals surface area (Å²) in [7, 11) is 0. The Labute approximate surface area is 108 Å². The van der Waals surface area contributed by atoms with Crippen molar-refractivity contribution >= 4 is 11.8 Å². The van der Waals surface area contributed by atoms with Crippen LogP contribution in [0.1, 0.15) is 33.0 Å². The van der Waals surface area contributed by atoms with E-state index in [-0.39, 0.29) is 0 Å². The van der Waals surface area contributed by atoms with E-state index < -0.39 is 0 Å². The summed E-state index contributed by atoms with van der Waals surface area (Å²) in [6.07, 6.45) is 5.96. The number of aromatic nitrogens is 2. The van der Waals surface area contributed by atoms with Crippen LogP contribution in [0, 0.1) is 0 Å². The van der Waals surface area contributed by atoms with Crippen LogP contribution in [-0.4, -0.2) is 26.6 Å². The van der Waals surface area contributed by atoms with Crippen molar-refractivity contribution in [3.05, 3.63) is 18.2 Å². The van der Waals surface area contributed by atoms with Crippen LogP contribution in [0.3, 0.4) is 0 Å². The van der Waals surface area contributed by atoms with E-state index >= 15 is 0 Å². The van der Waals surface area contributed by atoms with E-state index in [9.17, 15) is 0 Å². The van der Waals surface area contributed by atoms with E-state index in [2.05, 4.69) is 35.7 Å². The van der Waals surface area contributed by atoms with E-state index in [0.29, 0.717) is 11.3 Å². The Morgan fingerprint density at radius 1 is 1.53 bits per heavy atom. The molecule has 0 saturated heterocycles. The molecule has 5 heteroatoms. The SMILES string of the molecule is CCC(C)SCC(Cc1nccn1CC)NN. The minimum Gasteiger partial charge on any atom is -0.335 e. The number of rotatable bonds is 8. The molecule has 0 amide bonds. The number of nitrogens with two attached hydrogens (primary N) is 1. The number of hydrazine groups is 1. The van der Waals surface area contributed by atoms with Gasteiger partial charge in [-0.3, -0.25) is 11.3 Å². The smallest absolute Gasteiger partial charge is 0.110 e. The van der Waals surface area contributed by atoms with Gasteiger partial charge in [0.2, 0.25) is 0 Å². The number of hydrogen-bond acceptors (Lipinski definition) is 4. The molecule has 0 aliphatic rings. The number of hydrogen-bond donors (Lipinski definition) is 2. The van der Waals surface area contributed by atoms with Crippen molar-refractivity contribution in [2.45, 2.75) is 51.4 Å². The van der Waals surface area contributed by atoms with Gasteiger partial charge in [0.1, 0.15) is 5.82 Å². The highest BCUT2D eigenvalue weighted by molar-refractivity contribution is 7.99. The van der Waals surface area contributed by atoms with Gasteiger partial charge in [0.05, 0.1) is 0 Å². The Morgan fingerprint density at radius 2 is 2.29 bits per heavy atom. The van der Waals surface area contributed by atoms with Crippen LogP contribution >= 0.6 is 11.8 Å². The molecule has 4 nitrogen and oxygen atoms in total. The van der Waals surface area contributed by atoms with Crippen molar-refractivity contribution in [2.24, 2.45) is 5.84 Å². The van der Waals surface area contributed by atoms with Gasteiger partial charge in [0.15, 0.2) is 0 Å². The van der Waals surface area contributed by atoms with Crippen LogP contribution in [0.5, 0.6) is 0 Å². The number of nitrogens with one attached hydrogen (secondary N) is 1. The monoisotopic (exact) mass is 256 g/mol. The van der Waals surface area contributed by atoms with E-state index in [1.807, 2.05) is 24.2 Å². The topological polar surface area (TPSA) is 55.9 Å². The molecule has 1 rings (SSSR count). The first-order chi connectivity index (χ1) is 8.21. The predicted molar refractivity (Wildman–Crippen MR) is 74.9 cm³/mol. The van der Waals surface area contributed by atoms with Gasteiger partial charge in [-0.15, -0.1) is 0 Å². The summed E-state index contributed by atoms with van der Waals surface area (Å²) < 4.78 is 2.16. The molecule has 1 aromatic heterocycles. The van der Waals surface area contributed by atoms with Gasteiger partial charge in [-0.1, -0.05) is 13.8 Å². The van der Waals surface area contributed by atoms with Gasteiger partial charge < -0.3 is 4.57 Å². The van der Waals surface area contributed by atoms with Crippen molar-refractivity contribution in [3.63, 3.8) is 0 Å². The van der Waals surface area contributed by atoms with Crippen molar-refractivity contribution < 1.29 is 0 Å². The maximum atomic E-state index is 5.61. The molecule has 17 heavy (non-hydrogen) atoms. The number of nitrogens with zero attached hydrogens (tertiary/aromatic N) is 2. The first-order valence-corrected chi connectivity index (χ1v) is 7.33. The highest BCUT2D eigenvalue weighted by Gasteiger charge is 2.12. The Balaban J connectivity index is 2.46. The van der Waals surface area contributed by atoms with Gasteiger partial charge in [0, 0.05) is 42.4 Å². The maximum Gasteiger partial charge on any atom is 0.110 e. The minimum absolute atomic E-state index is 0.293. The Hall–Kier alpha value is -0.520. The van der Waals surface area contributed by atoms with Gasteiger partial charge in [-0.05, 0) is 13.3 Å². The average molecular weight is 256 g/mol. The lowest BCUT2D eigenvalue weighted by molar-refractivity contribution is 0.543. The van der Waals surface area contributed by atoms with Crippen molar-refractivity contribution in [3.8, 4) is 0 Å². The minimum atomic E-state index is 0.293. The fourth-order valence-electron chi connectivity index (χ4n) is 1.60. The van der Waals surface area contributed by atoms with Gasteiger partial charge in [-0.2, -0.15) is 11.8 Å². The lowest BCUT2D eigenvalue weighted by Crippen LogP contribution is -2.39. The van der Waals surface area contributed by atoms with Crippen molar-refractivity contribution in [2.75, 3.05) is 5.75 Å². The van der Waals surface area contributed by atoms with E-state index in [0.717, 1.165) is 24.5 Å². The number of thioether (sulfide) groups is 1. The summed E-state index contributed by atoms with van der Waals surface area (Å²) in [6.45, 7) is 7.56. The normalized spacial score (nSPS) is 14.8. The third kappa shape index (κ3) is 4.69. The van der Waals surface area contributed by atoms with Crippen molar-refractivity contribution in [1.82, 2.24) is 15.0 Å². The molecule has 2 unspecified atom stereocenters. The first kappa shape index (κ1) is 14.5. The number of imidazole rings is 1. The van der Waals surface area contributed by atoms with Crippen LogP contribution in [0.25, 0.3) is 0 Å². The van der Waals surface area contributed by atoms with Gasteiger partial charge in [0.25, 0.3) is 0 Å². The summed E-state index contributed by atoms with van der Waals surface area (Å²) in [6, 6.07) is 0.293. The quantitative estimate of drug-likeness (QED) is 0.550. The molecule has 0 bridgehead atoms. The molecule has 0 aliphatic carbocycles. The molecule has 0 fully saturated rings. The molecule has 3 N–H and O–H groups in total. The molecule has 0 aromatic carbocycles. The zero-order valence-electron chi connectivity index (χ0n) is 11.0. The third-order valence-corrected chi connectivity index (χ3v) is 4.46. The first-order valence-electron chi connectivity index (χ1n) is 6.28. The Kier molecular flexibility index (Phi) is 6.62. The highest BCUT2D eigenvalue weighted by atomic mass is 32.2. The zero-order valence-corrected chi connectivity index (χ0v) is 11.8. The van der Waals surface area contributed by atoms with Crippen LogP contribution in [0.4, 0.5) is 0 Å². The third-order valence-electron chi connectivity index (χ3n) is 2.96. The lowest BCUT2D eigenvalue weighted by Gasteiger charge is -2.17. The second-order valence-corrected chi connectivity index (χ2v) is 5.72. The largest absolute Gasteiger partial charge is 0.335 e. The summed E-state index contributed by atoms with van der Waals surface area (Å²) in [5, 5.41) is 0.691. The Bertz CT molecular complexity index is 313. The summed E-state index contributed by atoms with van der Waals surface area (Å²) >= 11 is 1.96. The second kappa shape index (κ2) is 7.74. The van der Waals surface area contributed by atoms with Crippen LogP contribution < -0.4 is 11.3 Å². The van der Waals surface area contributed by atoms with E-state index in [4.69, 9.17) is 5.84 Å². The summed E-state index contributed by atoms with van der Waals surface area (Å²) in [5.74, 6) is 7.75. The van der Waals surface area contributed by atoms with Gasteiger partial charge >= 0.3 is 0 Å². The molecule has 0 saturated carbocycles. The highest BCUT2D eigenvalue weighted by Crippen LogP contribution is 2.15. The molecule has 1 heterocycles. The zero-order chi connectivity index (χ0) is 12.7. The number of aryl methyl sites for hydroxylation is 1. The summed E-state index contributed by atoms with van der Waals surface area (Å²) in [4.78, 5) is 4.38. The fraction of sp³-hybridized carbons (Fsp3) is 0.750. The molecular weight excluding hydrogens is 232 g/mol. The molecule has 1 aromatic rings. The lowest BCUT2D eigenvalue weighted by atomic mass is 10.2. The average Bonchev–Trinajstić information content (AvgIpc) is 2.80. The molecule has 98 valence electrons. The molecule has 0 aliphatic heterocycles. The standard InChI is InChI=1S/C12H24N4S/c1-4-10(3)17-9-11(15-13)8-12-14-6-7-16(12)5-2/h6-7,10-11,15H,4-5,8-9,13H2,1-3H3. The Morgan fingerprint density at radius 3 is 2.88 bits per heavy atom. The van der Waals surface area contributed by atoms with Crippen LogP contribution in [0.2, 0.25) is 0 Å². The van der Waals surface area contributed by atoms with E-state index in [1.165, 1.54) is 6.42 Å². The second-order valence-electron chi connectivity index (χ2n) is 4.25. The van der Waals surface area contributed by atoms with Crippen molar-refractivity contribution in [1.29, 1.82) is 0 Å². The van der Waals surface area contributed by atoms with Crippen LogP contribution in [0.15, 0.2) is 12.4 Å². The van der Waals surface area contributed by atoms with E-state index in [1.54, 1.807) is 0 Å². The van der Waals surface area contributed by atoms with Crippen LogP contribution in [-0.2, 0) is 13.0 Å². The molecular formula is C12H24N4S. The van der Waals surface area contributed by atoms with Gasteiger partial charge in [-0.25, -0.2) is 4.98 Å².